The number of carbonyl (C=O) groups is 1. The van der Waals surface area contributed by atoms with E-state index in [1.54, 1.807) is 12.1 Å². The van der Waals surface area contributed by atoms with Gasteiger partial charge < -0.3 is 15.1 Å². The Balaban J connectivity index is 1.43. The summed E-state index contributed by atoms with van der Waals surface area (Å²) in [5.74, 6) is 2.40. The van der Waals surface area contributed by atoms with Crippen molar-refractivity contribution in [2.75, 3.05) is 36.4 Å². The second kappa shape index (κ2) is 8.39. The van der Waals surface area contributed by atoms with Gasteiger partial charge in [-0.05, 0) is 38.1 Å². The Hall–Kier alpha value is -2.64. The van der Waals surface area contributed by atoms with Crippen LogP contribution in [0.3, 0.4) is 0 Å². The van der Waals surface area contributed by atoms with Crippen LogP contribution in [0.2, 0.25) is 4.34 Å². The Kier molecular flexibility index (Phi) is 5.69. The fourth-order valence-corrected chi connectivity index (χ4v) is 4.30. The first-order valence-electron chi connectivity index (χ1n) is 9.47. The van der Waals surface area contributed by atoms with Gasteiger partial charge in [-0.15, -0.1) is 11.3 Å². The Morgan fingerprint density at radius 1 is 1.03 bits per heavy atom. The van der Waals surface area contributed by atoms with Crippen molar-refractivity contribution >= 4 is 46.2 Å². The molecule has 1 aliphatic rings. The molecule has 3 heterocycles. The van der Waals surface area contributed by atoms with Crippen molar-refractivity contribution in [2.24, 2.45) is 0 Å². The number of anilines is 3. The normalized spacial score (nSPS) is 14.2. The third-order valence-corrected chi connectivity index (χ3v) is 6.04. The van der Waals surface area contributed by atoms with Gasteiger partial charge in [0, 0.05) is 37.9 Å². The molecule has 29 heavy (non-hydrogen) atoms. The lowest BCUT2D eigenvalue weighted by atomic mass is 10.2. The average Bonchev–Trinajstić information content (AvgIpc) is 3.15. The number of thiophene rings is 1. The maximum atomic E-state index is 12.6. The van der Waals surface area contributed by atoms with E-state index in [0.717, 1.165) is 30.4 Å². The minimum absolute atomic E-state index is 0.0437. The van der Waals surface area contributed by atoms with Crippen LogP contribution in [0.4, 0.5) is 17.3 Å². The van der Waals surface area contributed by atoms with Crippen molar-refractivity contribution in [1.29, 1.82) is 0 Å². The van der Waals surface area contributed by atoms with Crippen LogP contribution in [0.5, 0.6) is 0 Å². The van der Waals surface area contributed by atoms with Crippen LogP contribution in [-0.4, -0.2) is 47.0 Å². The molecule has 8 heteroatoms. The summed E-state index contributed by atoms with van der Waals surface area (Å²) in [6.07, 6.45) is 0. The highest BCUT2D eigenvalue weighted by atomic mass is 35.5. The summed E-state index contributed by atoms with van der Waals surface area (Å²) in [5.41, 5.74) is 2.21. The molecule has 0 atom stereocenters. The highest BCUT2D eigenvalue weighted by Crippen LogP contribution is 2.25. The van der Waals surface area contributed by atoms with Crippen LogP contribution < -0.4 is 10.2 Å². The van der Waals surface area contributed by atoms with Gasteiger partial charge in [-0.1, -0.05) is 29.3 Å². The standard InChI is InChI=1S/C21H22ClN5OS/c1-14-3-5-16(6-4-14)25-19-13-20(24-15(2)23-19)26-9-11-27(12-10-26)21(28)17-7-8-18(22)29-17/h3-8,13H,9-12H2,1-2H3,(H,23,24,25). The van der Waals surface area contributed by atoms with Gasteiger partial charge in [-0.25, -0.2) is 9.97 Å². The first kappa shape index (κ1) is 19.7. The quantitative estimate of drug-likeness (QED) is 0.663. The Bertz CT molecular complexity index is 1010. The lowest BCUT2D eigenvalue weighted by Gasteiger charge is -2.35. The van der Waals surface area contributed by atoms with E-state index < -0.39 is 0 Å². The van der Waals surface area contributed by atoms with Crippen molar-refractivity contribution in [2.45, 2.75) is 13.8 Å². The number of amides is 1. The lowest BCUT2D eigenvalue weighted by molar-refractivity contribution is 0.0751. The molecule has 1 saturated heterocycles. The van der Waals surface area contributed by atoms with Gasteiger partial charge >= 0.3 is 0 Å². The Morgan fingerprint density at radius 3 is 2.41 bits per heavy atom. The monoisotopic (exact) mass is 427 g/mol. The lowest BCUT2D eigenvalue weighted by Crippen LogP contribution is -2.49. The molecule has 1 amide bonds. The zero-order valence-corrected chi connectivity index (χ0v) is 17.9. The highest BCUT2D eigenvalue weighted by molar-refractivity contribution is 7.17. The molecule has 0 radical (unpaired) electrons. The van der Waals surface area contributed by atoms with Crippen molar-refractivity contribution in [3.05, 3.63) is 63.1 Å². The fourth-order valence-electron chi connectivity index (χ4n) is 3.29. The third kappa shape index (κ3) is 4.68. The molecule has 1 N–H and O–H groups in total. The van der Waals surface area contributed by atoms with Crippen molar-refractivity contribution in [1.82, 2.24) is 14.9 Å². The number of nitrogens with zero attached hydrogens (tertiary/aromatic N) is 4. The summed E-state index contributed by atoms with van der Waals surface area (Å²) >= 11 is 7.29. The van der Waals surface area contributed by atoms with Crippen molar-refractivity contribution in [3.8, 4) is 0 Å². The minimum atomic E-state index is 0.0437. The smallest absolute Gasteiger partial charge is 0.264 e. The maximum Gasteiger partial charge on any atom is 0.264 e. The second-order valence-electron chi connectivity index (χ2n) is 7.03. The summed E-state index contributed by atoms with van der Waals surface area (Å²) < 4.78 is 0.636. The molecule has 0 saturated carbocycles. The number of piperazine rings is 1. The first-order chi connectivity index (χ1) is 14.0. The van der Waals surface area contributed by atoms with E-state index in [4.69, 9.17) is 11.6 Å². The van der Waals surface area contributed by atoms with E-state index in [1.807, 2.05) is 30.0 Å². The number of hydrogen-bond donors (Lipinski definition) is 1. The molecule has 0 aliphatic carbocycles. The summed E-state index contributed by atoms with van der Waals surface area (Å²) in [6.45, 7) is 6.71. The third-order valence-electron chi connectivity index (χ3n) is 4.82. The molecule has 2 aromatic heterocycles. The summed E-state index contributed by atoms with van der Waals surface area (Å²) in [6, 6.07) is 13.7. The van der Waals surface area contributed by atoms with Gasteiger partial charge in [0.1, 0.15) is 17.5 Å². The predicted molar refractivity (Wildman–Crippen MR) is 119 cm³/mol. The molecular weight excluding hydrogens is 406 g/mol. The number of aryl methyl sites for hydroxylation is 2. The molecule has 0 bridgehead atoms. The molecule has 150 valence electrons. The van der Waals surface area contributed by atoms with E-state index in [-0.39, 0.29) is 5.91 Å². The van der Waals surface area contributed by atoms with Crippen LogP contribution >= 0.6 is 22.9 Å². The molecule has 1 aliphatic heterocycles. The predicted octanol–water partition coefficient (Wildman–Crippen LogP) is 4.51. The van der Waals surface area contributed by atoms with Gasteiger partial charge in [0.15, 0.2) is 0 Å². The molecule has 6 nitrogen and oxygen atoms in total. The molecule has 3 aromatic rings. The number of halogens is 1. The summed E-state index contributed by atoms with van der Waals surface area (Å²) in [5, 5.41) is 3.35. The van der Waals surface area contributed by atoms with Crippen LogP contribution in [0.25, 0.3) is 0 Å². The van der Waals surface area contributed by atoms with E-state index >= 15 is 0 Å². The van der Waals surface area contributed by atoms with E-state index in [9.17, 15) is 4.79 Å². The Labute approximate surface area is 179 Å². The van der Waals surface area contributed by atoms with Gasteiger partial charge in [0.25, 0.3) is 5.91 Å². The number of hydrogen-bond acceptors (Lipinski definition) is 6. The molecule has 0 spiro atoms. The largest absolute Gasteiger partial charge is 0.353 e. The second-order valence-corrected chi connectivity index (χ2v) is 8.75. The Morgan fingerprint density at radius 2 is 1.76 bits per heavy atom. The average molecular weight is 428 g/mol. The fraction of sp³-hybridized carbons (Fsp3) is 0.286. The molecule has 4 rings (SSSR count). The maximum absolute atomic E-state index is 12.6. The van der Waals surface area contributed by atoms with Gasteiger partial charge in [-0.2, -0.15) is 0 Å². The van der Waals surface area contributed by atoms with E-state index in [0.29, 0.717) is 28.1 Å². The van der Waals surface area contributed by atoms with Gasteiger partial charge in [-0.3, -0.25) is 4.79 Å². The topological polar surface area (TPSA) is 61.4 Å². The molecule has 1 aromatic carbocycles. The van der Waals surface area contributed by atoms with E-state index in [2.05, 4.69) is 39.2 Å². The minimum Gasteiger partial charge on any atom is -0.353 e. The SMILES string of the molecule is Cc1ccc(Nc2cc(N3CCN(C(=O)c4ccc(Cl)s4)CC3)nc(C)n2)cc1. The van der Waals surface area contributed by atoms with E-state index in [1.165, 1.54) is 16.9 Å². The number of aromatic nitrogens is 2. The van der Waals surface area contributed by atoms with Gasteiger partial charge in [0.05, 0.1) is 9.21 Å². The number of carbonyl (C=O) groups excluding carboxylic acids is 1. The van der Waals surface area contributed by atoms with Crippen molar-refractivity contribution < 1.29 is 4.79 Å². The van der Waals surface area contributed by atoms with Crippen LogP contribution in [0.15, 0.2) is 42.5 Å². The number of rotatable bonds is 4. The van der Waals surface area contributed by atoms with Gasteiger partial charge in [0.2, 0.25) is 0 Å². The summed E-state index contributed by atoms with van der Waals surface area (Å²) in [7, 11) is 0. The molecule has 1 fully saturated rings. The zero-order valence-electron chi connectivity index (χ0n) is 16.4. The van der Waals surface area contributed by atoms with Crippen LogP contribution in [0, 0.1) is 13.8 Å². The highest BCUT2D eigenvalue weighted by Gasteiger charge is 2.24. The van der Waals surface area contributed by atoms with Crippen LogP contribution in [0.1, 0.15) is 21.1 Å². The number of nitrogens with one attached hydrogen (secondary N) is 1. The van der Waals surface area contributed by atoms with Crippen molar-refractivity contribution in [3.63, 3.8) is 0 Å². The zero-order chi connectivity index (χ0) is 20.4. The first-order valence-corrected chi connectivity index (χ1v) is 10.7. The van der Waals surface area contributed by atoms with Crippen LogP contribution in [-0.2, 0) is 0 Å². The molecular formula is C21H22ClN5OS. The summed E-state index contributed by atoms with van der Waals surface area (Å²) in [4.78, 5) is 26.5. The molecule has 0 unspecified atom stereocenters. The number of benzene rings is 1.